The van der Waals surface area contributed by atoms with Crippen LogP contribution in [0.5, 0.6) is 0 Å². The average molecular weight is 323 g/mol. The van der Waals surface area contributed by atoms with Gasteiger partial charge in [0.2, 0.25) is 0 Å². The number of rotatable bonds is 3. The zero-order chi connectivity index (χ0) is 14.1. The van der Waals surface area contributed by atoms with Gasteiger partial charge in [0.1, 0.15) is 0 Å². The van der Waals surface area contributed by atoms with Crippen LogP contribution >= 0.6 is 34.7 Å². The molecule has 0 radical (unpaired) electrons. The van der Waals surface area contributed by atoms with Gasteiger partial charge in [0, 0.05) is 11.1 Å². The van der Waals surface area contributed by atoms with Crippen LogP contribution in [0.3, 0.4) is 0 Å². The van der Waals surface area contributed by atoms with Crippen LogP contribution in [-0.2, 0) is 0 Å². The molecule has 1 heterocycles. The third-order valence-corrected chi connectivity index (χ3v) is 4.99. The zero-order valence-electron chi connectivity index (χ0n) is 9.95. The Labute approximate surface area is 127 Å². The van der Waals surface area contributed by atoms with Crippen LogP contribution in [0.4, 0.5) is 5.69 Å². The van der Waals surface area contributed by atoms with E-state index in [9.17, 15) is 10.1 Å². The number of para-hydroxylation sites is 1. The van der Waals surface area contributed by atoms with Crippen molar-refractivity contribution in [2.45, 2.75) is 9.24 Å². The molecule has 1 aromatic heterocycles. The molecular weight excluding hydrogens is 316 g/mol. The van der Waals surface area contributed by atoms with Crippen molar-refractivity contribution in [3.63, 3.8) is 0 Å². The van der Waals surface area contributed by atoms with Crippen molar-refractivity contribution >= 4 is 50.6 Å². The smallest absolute Gasteiger partial charge is 0.258 e. The molecule has 7 heteroatoms. The van der Waals surface area contributed by atoms with Crippen molar-refractivity contribution in [3.8, 4) is 0 Å². The molecular formula is C13H7ClN2O2S2. The summed E-state index contributed by atoms with van der Waals surface area (Å²) in [5, 5.41) is 11.4. The van der Waals surface area contributed by atoms with E-state index >= 15 is 0 Å². The van der Waals surface area contributed by atoms with E-state index in [1.54, 1.807) is 12.1 Å². The minimum atomic E-state index is -0.429. The van der Waals surface area contributed by atoms with Crippen molar-refractivity contribution in [2.75, 3.05) is 0 Å². The zero-order valence-corrected chi connectivity index (χ0v) is 12.3. The summed E-state index contributed by atoms with van der Waals surface area (Å²) in [7, 11) is 0. The standard InChI is InChI=1S/C13H7ClN2O2S2/c14-8-5-6-12(10(7-8)16(17)18)20-13-15-9-3-1-2-4-11(9)19-13/h1-7H. The van der Waals surface area contributed by atoms with Gasteiger partial charge >= 0.3 is 0 Å². The Morgan fingerprint density at radius 3 is 2.80 bits per heavy atom. The number of fused-ring (bicyclic) bond motifs is 1. The maximum absolute atomic E-state index is 11.1. The van der Waals surface area contributed by atoms with Gasteiger partial charge in [0.05, 0.1) is 20.0 Å². The number of benzene rings is 2. The van der Waals surface area contributed by atoms with E-state index in [-0.39, 0.29) is 5.69 Å². The molecule has 0 spiro atoms. The van der Waals surface area contributed by atoms with Gasteiger partial charge in [-0.05, 0) is 24.3 Å². The maximum Gasteiger partial charge on any atom is 0.284 e. The molecule has 3 rings (SSSR count). The van der Waals surface area contributed by atoms with E-state index in [1.807, 2.05) is 24.3 Å². The van der Waals surface area contributed by atoms with E-state index in [0.717, 1.165) is 14.6 Å². The molecule has 4 nitrogen and oxygen atoms in total. The summed E-state index contributed by atoms with van der Waals surface area (Å²) < 4.78 is 1.84. The molecule has 0 bridgehead atoms. The van der Waals surface area contributed by atoms with Crippen LogP contribution in [0.15, 0.2) is 51.7 Å². The normalized spacial score (nSPS) is 10.8. The number of nitrogens with zero attached hydrogens (tertiary/aromatic N) is 2. The Hall–Kier alpha value is -1.63. The molecule has 0 atom stereocenters. The summed E-state index contributed by atoms with van der Waals surface area (Å²) in [6.45, 7) is 0. The summed E-state index contributed by atoms with van der Waals surface area (Å²) in [5.41, 5.74) is 0.901. The molecule has 3 aromatic rings. The first kappa shape index (κ1) is 13.4. The predicted molar refractivity (Wildman–Crippen MR) is 81.8 cm³/mol. The van der Waals surface area contributed by atoms with Gasteiger partial charge in [-0.2, -0.15) is 0 Å². The van der Waals surface area contributed by atoms with E-state index in [2.05, 4.69) is 4.98 Å². The Balaban J connectivity index is 2.00. The molecule has 0 fully saturated rings. The number of halogens is 1. The Bertz CT molecular complexity index is 771. The van der Waals surface area contributed by atoms with Crippen LogP contribution in [-0.4, -0.2) is 9.91 Å². The highest BCUT2D eigenvalue weighted by atomic mass is 35.5. The summed E-state index contributed by atoms with van der Waals surface area (Å²) in [4.78, 5) is 15.6. The van der Waals surface area contributed by atoms with E-state index in [1.165, 1.54) is 29.2 Å². The fourth-order valence-electron chi connectivity index (χ4n) is 1.71. The molecule has 0 saturated heterocycles. The lowest BCUT2D eigenvalue weighted by molar-refractivity contribution is -0.387. The molecule has 0 amide bonds. The van der Waals surface area contributed by atoms with Gasteiger partial charge < -0.3 is 0 Å². The van der Waals surface area contributed by atoms with Crippen molar-refractivity contribution in [3.05, 3.63) is 57.6 Å². The minimum Gasteiger partial charge on any atom is -0.258 e. The Morgan fingerprint density at radius 2 is 2.05 bits per heavy atom. The fraction of sp³-hybridized carbons (Fsp3) is 0. The summed E-state index contributed by atoms with van der Waals surface area (Å²) in [5.74, 6) is 0. The first-order chi connectivity index (χ1) is 9.63. The predicted octanol–water partition coefficient (Wildman–Crippen LogP) is 5.01. The lowest BCUT2D eigenvalue weighted by Gasteiger charge is -2.00. The van der Waals surface area contributed by atoms with Gasteiger partial charge in [0.25, 0.3) is 5.69 Å². The second-order valence-electron chi connectivity index (χ2n) is 3.92. The molecule has 0 unspecified atom stereocenters. The molecule has 0 saturated carbocycles. The lowest BCUT2D eigenvalue weighted by Crippen LogP contribution is -1.90. The highest BCUT2D eigenvalue weighted by Crippen LogP contribution is 2.39. The number of hydrogen-bond donors (Lipinski definition) is 0. The van der Waals surface area contributed by atoms with Crippen LogP contribution in [0.25, 0.3) is 10.2 Å². The second kappa shape index (κ2) is 5.40. The third-order valence-electron chi connectivity index (χ3n) is 2.59. The highest BCUT2D eigenvalue weighted by molar-refractivity contribution is 8.01. The summed E-state index contributed by atoms with van der Waals surface area (Å²) in [6.07, 6.45) is 0. The first-order valence-electron chi connectivity index (χ1n) is 5.61. The van der Waals surface area contributed by atoms with E-state index < -0.39 is 4.92 Å². The Morgan fingerprint density at radius 1 is 1.25 bits per heavy atom. The number of hydrogen-bond acceptors (Lipinski definition) is 5. The monoisotopic (exact) mass is 322 g/mol. The largest absolute Gasteiger partial charge is 0.284 e. The number of nitro benzene ring substituents is 1. The molecule has 0 aliphatic heterocycles. The molecule has 100 valence electrons. The van der Waals surface area contributed by atoms with Gasteiger partial charge in [-0.25, -0.2) is 4.98 Å². The molecule has 2 aromatic carbocycles. The van der Waals surface area contributed by atoms with Crippen molar-refractivity contribution in [1.29, 1.82) is 0 Å². The fourth-order valence-corrected chi connectivity index (χ4v) is 3.98. The minimum absolute atomic E-state index is 0.00163. The quantitative estimate of drug-likeness (QED) is 0.502. The summed E-state index contributed by atoms with van der Waals surface area (Å²) in [6, 6.07) is 12.4. The van der Waals surface area contributed by atoms with Gasteiger partial charge in [0.15, 0.2) is 4.34 Å². The van der Waals surface area contributed by atoms with Gasteiger partial charge in [-0.15, -0.1) is 11.3 Å². The second-order valence-corrected chi connectivity index (χ2v) is 6.67. The number of aromatic nitrogens is 1. The van der Waals surface area contributed by atoms with Gasteiger partial charge in [-0.3, -0.25) is 10.1 Å². The van der Waals surface area contributed by atoms with Crippen LogP contribution in [0.1, 0.15) is 0 Å². The van der Waals surface area contributed by atoms with Crippen LogP contribution < -0.4 is 0 Å². The van der Waals surface area contributed by atoms with E-state index in [4.69, 9.17) is 11.6 Å². The highest BCUT2D eigenvalue weighted by Gasteiger charge is 2.17. The maximum atomic E-state index is 11.1. The van der Waals surface area contributed by atoms with Crippen molar-refractivity contribution in [2.24, 2.45) is 0 Å². The Kier molecular flexibility index (Phi) is 3.60. The van der Waals surface area contributed by atoms with Crippen LogP contribution in [0, 0.1) is 10.1 Å². The van der Waals surface area contributed by atoms with E-state index in [0.29, 0.717) is 9.92 Å². The van der Waals surface area contributed by atoms with Crippen LogP contribution in [0.2, 0.25) is 5.02 Å². The summed E-state index contributed by atoms with van der Waals surface area (Å²) >= 11 is 8.60. The average Bonchev–Trinajstić information content (AvgIpc) is 2.82. The first-order valence-corrected chi connectivity index (χ1v) is 7.62. The topological polar surface area (TPSA) is 56.0 Å². The van der Waals surface area contributed by atoms with Gasteiger partial charge in [-0.1, -0.05) is 35.5 Å². The number of thiazole rings is 1. The molecule has 0 N–H and O–H groups in total. The third kappa shape index (κ3) is 2.63. The lowest BCUT2D eigenvalue weighted by atomic mass is 10.3. The van der Waals surface area contributed by atoms with Crippen molar-refractivity contribution in [1.82, 2.24) is 4.98 Å². The molecule has 0 aliphatic carbocycles. The number of nitro groups is 1. The molecule has 20 heavy (non-hydrogen) atoms. The SMILES string of the molecule is O=[N+]([O-])c1cc(Cl)ccc1Sc1nc2ccccc2s1. The van der Waals surface area contributed by atoms with Crippen molar-refractivity contribution < 1.29 is 4.92 Å². The molecule has 0 aliphatic rings.